The third-order valence-corrected chi connectivity index (χ3v) is 7.45. The van der Waals surface area contributed by atoms with Gasteiger partial charge in [0.15, 0.2) is 0 Å². The standard InChI is InChI=1S/C25H32ClF3N2S.C2H6/c1-17(16-30-32-14-6-13-26)9-11-21-18(2)22-15-20(25(27,28)29)10-12-23(22)31-24(21)19-7-4-3-5-8-19;1-2/h3-5,7-8,10,12,15,17-18,21,24,30-31H,6,9,11,13-14,16H2,1-2H3;1-2H3/t17?,18?,21?,24-;/m0./s1. The van der Waals surface area contributed by atoms with Crippen LogP contribution in [0.3, 0.4) is 0 Å². The maximum atomic E-state index is 13.3. The maximum Gasteiger partial charge on any atom is 0.416 e. The highest BCUT2D eigenvalue weighted by Crippen LogP contribution is 2.48. The quantitative estimate of drug-likeness (QED) is 0.188. The predicted octanol–water partition coefficient (Wildman–Crippen LogP) is 8.90. The van der Waals surface area contributed by atoms with E-state index < -0.39 is 11.7 Å². The molecule has 0 saturated carbocycles. The van der Waals surface area contributed by atoms with Gasteiger partial charge in [-0.15, -0.1) is 11.6 Å². The molecule has 0 radical (unpaired) electrons. The number of nitrogens with one attached hydrogen (secondary N) is 2. The molecule has 2 aromatic rings. The first-order chi connectivity index (χ1) is 16.3. The molecule has 0 fully saturated rings. The van der Waals surface area contributed by atoms with Crippen LogP contribution in [0.2, 0.25) is 0 Å². The average Bonchev–Trinajstić information content (AvgIpc) is 2.84. The van der Waals surface area contributed by atoms with Gasteiger partial charge in [0.05, 0.1) is 11.6 Å². The highest BCUT2D eigenvalue weighted by molar-refractivity contribution is 7.97. The maximum absolute atomic E-state index is 13.3. The van der Waals surface area contributed by atoms with Gasteiger partial charge in [-0.05, 0) is 66.3 Å². The monoisotopic (exact) mass is 514 g/mol. The van der Waals surface area contributed by atoms with Crippen molar-refractivity contribution in [1.82, 2.24) is 4.72 Å². The Morgan fingerprint density at radius 1 is 1.12 bits per heavy atom. The number of fused-ring (bicyclic) bond motifs is 1. The van der Waals surface area contributed by atoms with Gasteiger partial charge in [0, 0.05) is 23.9 Å². The molecule has 34 heavy (non-hydrogen) atoms. The van der Waals surface area contributed by atoms with Crippen LogP contribution in [0.5, 0.6) is 0 Å². The molecule has 2 nitrogen and oxygen atoms in total. The number of benzene rings is 2. The van der Waals surface area contributed by atoms with Crippen molar-refractivity contribution < 1.29 is 13.2 Å². The Bertz CT molecular complexity index is 848. The van der Waals surface area contributed by atoms with E-state index in [9.17, 15) is 13.2 Å². The molecule has 0 aromatic heterocycles. The van der Waals surface area contributed by atoms with E-state index in [4.69, 9.17) is 11.6 Å². The van der Waals surface area contributed by atoms with Crippen molar-refractivity contribution >= 4 is 29.2 Å². The van der Waals surface area contributed by atoms with Crippen LogP contribution in [0.15, 0.2) is 48.5 Å². The summed E-state index contributed by atoms with van der Waals surface area (Å²) in [4.78, 5) is 0. The number of hydrogen-bond donors (Lipinski definition) is 2. The summed E-state index contributed by atoms with van der Waals surface area (Å²) in [7, 11) is 0. The fourth-order valence-corrected chi connectivity index (χ4v) is 5.56. The van der Waals surface area contributed by atoms with Gasteiger partial charge in [-0.3, -0.25) is 4.72 Å². The van der Waals surface area contributed by atoms with Gasteiger partial charge in [-0.2, -0.15) is 13.2 Å². The van der Waals surface area contributed by atoms with Crippen molar-refractivity contribution in [3.63, 3.8) is 0 Å². The zero-order valence-corrected chi connectivity index (χ0v) is 22.2. The number of anilines is 1. The van der Waals surface area contributed by atoms with Gasteiger partial charge in [-0.25, -0.2) is 0 Å². The summed E-state index contributed by atoms with van der Waals surface area (Å²) < 4.78 is 43.4. The summed E-state index contributed by atoms with van der Waals surface area (Å²) in [6.45, 7) is 9.21. The van der Waals surface area contributed by atoms with Crippen molar-refractivity contribution in [3.05, 3.63) is 65.2 Å². The lowest BCUT2D eigenvalue weighted by atomic mass is 9.73. The van der Waals surface area contributed by atoms with Crippen molar-refractivity contribution in [2.75, 3.05) is 23.5 Å². The first-order valence-corrected chi connectivity index (χ1v) is 13.8. The molecule has 1 aliphatic rings. The minimum absolute atomic E-state index is 0.0250. The minimum Gasteiger partial charge on any atom is -0.378 e. The zero-order chi connectivity index (χ0) is 25.1. The van der Waals surface area contributed by atoms with Crippen LogP contribution in [-0.4, -0.2) is 18.2 Å². The summed E-state index contributed by atoms with van der Waals surface area (Å²) in [5.41, 5.74) is 2.17. The van der Waals surface area contributed by atoms with Gasteiger partial charge < -0.3 is 5.32 Å². The zero-order valence-electron chi connectivity index (χ0n) is 20.6. The highest BCUT2D eigenvalue weighted by Gasteiger charge is 2.37. The third kappa shape index (κ3) is 8.10. The second-order valence-corrected chi connectivity index (χ2v) is 10.1. The Balaban J connectivity index is 0.00000199. The molecular weight excluding hydrogens is 477 g/mol. The number of hydrogen-bond acceptors (Lipinski definition) is 3. The molecule has 190 valence electrons. The smallest absolute Gasteiger partial charge is 0.378 e. The van der Waals surface area contributed by atoms with E-state index in [1.165, 1.54) is 17.7 Å². The molecular formula is C27H38ClF3N2S. The van der Waals surface area contributed by atoms with Crippen LogP contribution in [0.25, 0.3) is 0 Å². The highest BCUT2D eigenvalue weighted by atomic mass is 35.5. The summed E-state index contributed by atoms with van der Waals surface area (Å²) in [5.74, 6) is 2.38. The second-order valence-electron chi connectivity index (χ2n) is 8.71. The lowest BCUT2D eigenvalue weighted by molar-refractivity contribution is -0.137. The molecule has 3 rings (SSSR count). The Morgan fingerprint density at radius 2 is 1.82 bits per heavy atom. The summed E-state index contributed by atoms with van der Waals surface area (Å²) in [6, 6.07) is 14.4. The van der Waals surface area contributed by atoms with Crippen LogP contribution >= 0.6 is 23.5 Å². The molecule has 2 N–H and O–H groups in total. The summed E-state index contributed by atoms with van der Waals surface area (Å²) in [6.07, 6.45) is -1.39. The third-order valence-electron chi connectivity index (χ3n) is 6.32. The first kappa shape index (κ1) is 28.9. The van der Waals surface area contributed by atoms with Crippen molar-refractivity contribution in [1.29, 1.82) is 0 Å². The van der Waals surface area contributed by atoms with Crippen LogP contribution < -0.4 is 10.0 Å². The van der Waals surface area contributed by atoms with Crippen LogP contribution in [-0.2, 0) is 6.18 Å². The Labute approximate surface area is 212 Å². The van der Waals surface area contributed by atoms with E-state index in [0.29, 0.717) is 11.8 Å². The van der Waals surface area contributed by atoms with Crippen LogP contribution in [0.1, 0.15) is 75.6 Å². The van der Waals surface area contributed by atoms with Gasteiger partial charge in [0.2, 0.25) is 0 Å². The Morgan fingerprint density at radius 3 is 2.47 bits per heavy atom. The van der Waals surface area contributed by atoms with E-state index in [-0.39, 0.29) is 17.9 Å². The molecule has 2 aromatic carbocycles. The molecule has 7 heteroatoms. The van der Waals surface area contributed by atoms with Gasteiger partial charge in [0.25, 0.3) is 0 Å². The van der Waals surface area contributed by atoms with E-state index in [1.807, 2.05) is 32.0 Å². The molecule has 4 atom stereocenters. The molecule has 1 heterocycles. The second kappa shape index (κ2) is 14.3. The number of rotatable bonds is 10. The fraction of sp³-hybridized carbons (Fsp3) is 0.556. The van der Waals surface area contributed by atoms with Crippen LogP contribution in [0.4, 0.5) is 18.9 Å². The Kier molecular flexibility index (Phi) is 12.1. The summed E-state index contributed by atoms with van der Waals surface area (Å²) in [5, 5.41) is 3.56. The Hall–Kier alpha value is -1.37. The molecule has 0 saturated heterocycles. The molecule has 0 spiro atoms. The van der Waals surface area contributed by atoms with Crippen molar-refractivity contribution in [2.24, 2.45) is 11.8 Å². The van der Waals surface area contributed by atoms with E-state index in [0.717, 1.165) is 42.8 Å². The van der Waals surface area contributed by atoms with E-state index >= 15 is 0 Å². The topological polar surface area (TPSA) is 24.1 Å². The molecule has 1 aliphatic heterocycles. The predicted molar refractivity (Wildman–Crippen MR) is 142 cm³/mol. The van der Waals surface area contributed by atoms with Gasteiger partial charge >= 0.3 is 6.18 Å². The van der Waals surface area contributed by atoms with Gasteiger partial charge in [0.1, 0.15) is 0 Å². The fourth-order valence-electron chi connectivity index (χ4n) is 4.43. The normalized spacial score (nSPS) is 20.5. The van der Waals surface area contributed by atoms with Crippen molar-refractivity contribution in [3.8, 4) is 0 Å². The first-order valence-electron chi connectivity index (χ1n) is 12.2. The largest absolute Gasteiger partial charge is 0.416 e. The van der Waals surface area contributed by atoms with Crippen LogP contribution in [0, 0.1) is 11.8 Å². The van der Waals surface area contributed by atoms with E-state index in [1.54, 1.807) is 18.0 Å². The summed E-state index contributed by atoms with van der Waals surface area (Å²) >= 11 is 7.42. The van der Waals surface area contributed by atoms with Crippen molar-refractivity contribution in [2.45, 2.75) is 65.1 Å². The van der Waals surface area contributed by atoms with E-state index in [2.05, 4.69) is 36.0 Å². The van der Waals surface area contributed by atoms with Gasteiger partial charge in [-0.1, -0.05) is 70.0 Å². The molecule has 0 amide bonds. The lowest BCUT2D eigenvalue weighted by Gasteiger charge is -2.40. The molecule has 0 bridgehead atoms. The average molecular weight is 515 g/mol. The number of alkyl halides is 4. The SMILES string of the molecule is CC.CC(CCC1C(C)c2cc(C(F)(F)F)ccc2N[C@H]1c1ccccc1)CNSCCCCl. The number of halogens is 4. The lowest BCUT2D eigenvalue weighted by Crippen LogP contribution is -2.31. The molecule has 3 unspecified atom stereocenters. The molecule has 0 aliphatic carbocycles. The minimum atomic E-state index is -4.33.